The number of carbonyl (C=O) groups is 1. The van der Waals surface area contributed by atoms with E-state index in [-0.39, 0.29) is 29.8 Å². The Hall–Kier alpha value is -2.57. The smallest absolute Gasteiger partial charge is 0.243 e. The van der Waals surface area contributed by atoms with Crippen LogP contribution in [-0.4, -0.2) is 29.7 Å². The van der Waals surface area contributed by atoms with E-state index in [1.54, 1.807) is 6.08 Å². The summed E-state index contributed by atoms with van der Waals surface area (Å²) in [6.45, 7) is 8.76. The van der Waals surface area contributed by atoms with Gasteiger partial charge in [-0.15, -0.1) is 0 Å². The lowest BCUT2D eigenvalue weighted by molar-refractivity contribution is -0.118. The third-order valence-electron chi connectivity index (χ3n) is 7.31. The molecule has 2 unspecified atom stereocenters. The number of nitrogens with one attached hydrogen (secondary N) is 2. The first-order valence-corrected chi connectivity index (χ1v) is 13.5. The molecule has 1 aliphatic carbocycles. The van der Waals surface area contributed by atoms with Crippen LogP contribution in [0.5, 0.6) is 0 Å². The third-order valence-corrected chi connectivity index (χ3v) is 7.31. The van der Waals surface area contributed by atoms with Crippen molar-refractivity contribution in [3.8, 4) is 0 Å². The molecule has 2 atom stereocenters. The summed E-state index contributed by atoms with van der Waals surface area (Å²) in [7, 11) is 0. The van der Waals surface area contributed by atoms with Gasteiger partial charge in [-0.25, -0.2) is 8.78 Å². The van der Waals surface area contributed by atoms with E-state index < -0.39 is 23.8 Å². The summed E-state index contributed by atoms with van der Waals surface area (Å²) < 4.78 is 27.7. The molecule has 2 aromatic carbocycles. The number of aliphatic hydroxyl groups excluding tert-OH is 1. The highest BCUT2D eigenvalue weighted by atomic mass is 19.1. The summed E-state index contributed by atoms with van der Waals surface area (Å²) in [6, 6.07) is 11.3. The van der Waals surface area contributed by atoms with Crippen molar-refractivity contribution in [2.75, 3.05) is 6.54 Å². The van der Waals surface area contributed by atoms with Gasteiger partial charge in [0, 0.05) is 18.2 Å². The van der Waals surface area contributed by atoms with Crippen LogP contribution in [0.15, 0.2) is 54.6 Å². The van der Waals surface area contributed by atoms with E-state index in [0.29, 0.717) is 12.0 Å². The van der Waals surface area contributed by atoms with Gasteiger partial charge in [0.05, 0.1) is 12.1 Å². The summed E-state index contributed by atoms with van der Waals surface area (Å²) in [5.74, 6) is -1.70. The molecule has 1 aliphatic rings. The molecule has 0 bridgehead atoms. The fourth-order valence-corrected chi connectivity index (χ4v) is 5.17. The number of hydrogen-bond acceptors (Lipinski definition) is 3. The van der Waals surface area contributed by atoms with Crippen LogP contribution in [0.3, 0.4) is 0 Å². The van der Waals surface area contributed by atoms with Gasteiger partial charge in [0.15, 0.2) is 0 Å². The summed E-state index contributed by atoms with van der Waals surface area (Å²) in [5.41, 5.74) is 2.60. The Morgan fingerprint density at radius 3 is 2.38 bits per heavy atom. The molecule has 4 nitrogen and oxygen atoms in total. The predicted octanol–water partition coefficient (Wildman–Crippen LogP) is 6.07. The third kappa shape index (κ3) is 8.21. The van der Waals surface area contributed by atoms with Crippen molar-refractivity contribution < 1.29 is 18.7 Å². The summed E-state index contributed by atoms with van der Waals surface area (Å²) in [4.78, 5) is 12.5. The van der Waals surface area contributed by atoms with Crippen molar-refractivity contribution in [2.45, 2.75) is 95.7 Å². The Morgan fingerprint density at radius 1 is 1.08 bits per heavy atom. The summed E-state index contributed by atoms with van der Waals surface area (Å²) >= 11 is 0. The summed E-state index contributed by atoms with van der Waals surface area (Å²) in [5, 5.41) is 17.8. The molecule has 1 saturated carbocycles. The minimum absolute atomic E-state index is 0.0208. The largest absolute Gasteiger partial charge is 0.390 e. The molecule has 0 spiro atoms. The molecule has 0 aromatic heterocycles. The first kappa shape index (κ1) is 29.0. The van der Waals surface area contributed by atoms with E-state index in [0.717, 1.165) is 31.7 Å². The molecular weight excluding hydrogens is 470 g/mol. The Morgan fingerprint density at radius 2 is 1.76 bits per heavy atom. The fourth-order valence-electron chi connectivity index (χ4n) is 5.17. The SMILES string of the molecule is CC/C=C/C(=O)NC(Cc1cc(F)cc(F)c1)C(O)CNC1(c2cccc(C(C)(C)C)c2)CCCCC1. The number of halogens is 2. The average Bonchev–Trinajstić information content (AvgIpc) is 2.85. The molecule has 0 radical (unpaired) electrons. The quantitative estimate of drug-likeness (QED) is 0.339. The average molecular weight is 513 g/mol. The molecule has 0 aliphatic heterocycles. The molecule has 3 N–H and O–H groups in total. The van der Waals surface area contributed by atoms with Crippen molar-refractivity contribution in [3.63, 3.8) is 0 Å². The number of hydrogen-bond donors (Lipinski definition) is 3. The van der Waals surface area contributed by atoms with Gasteiger partial charge in [0.25, 0.3) is 0 Å². The Labute approximate surface area is 220 Å². The van der Waals surface area contributed by atoms with E-state index >= 15 is 0 Å². The highest BCUT2D eigenvalue weighted by Gasteiger charge is 2.35. The minimum atomic E-state index is -0.963. The highest BCUT2D eigenvalue weighted by molar-refractivity contribution is 5.87. The molecular formula is C31H42F2N2O2. The topological polar surface area (TPSA) is 61.4 Å². The van der Waals surface area contributed by atoms with Crippen LogP contribution in [0.25, 0.3) is 0 Å². The Balaban J connectivity index is 1.83. The second kappa shape index (κ2) is 12.8. The van der Waals surface area contributed by atoms with Gasteiger partial charge < -0.3 is 15.7 Å². The van der Waals surface area contributed by atoms with Gasteiger partial charge in [-0.3, -0.25) is 4.79 Å². The van der Waals surface area contributed by atoms with Crippen molar-refractivity contribution in [3.05, 3.63) is 82.9 Å². The van der Waals surface area contributed by atoms with Crippen LogP contribution < -0.4 is 10.6 Å². The second-order valence-electron chi connectivity index (χ2n) is 11.3. The number of amides is 1. The number of carbonyl (C=O) groups excluding carboxylic acids is 1. The van der Waals surface area contributed by atoms with Crippen LogP contribution in [0.2, 0.25) is 0 Å². The number of allylic oxidation sites excluding steroid dienone is 1. The molecule has 37 heavy (non-hydrogen) atoms. The van der Waals surface area contributed by atoms with Crippen LogP contribution >= 0.6 is 0 Å². The molecule has 6 heteroatoms. The number of aliphatic hydroxyl groups is 1. The standard InChI is InChI=1S/C31H42F2N2O2/c1-5-6-13-29(37)35-27(18-22-16-25(32)20-26(33)17-22)28(36)21-34-31(14-8-7-9-15-31)24-12-10-11-23(19-24)30(2,3)4/h6,10-13,16-17,19-20,27-28,34,36H,5,7-9,14-15,18,21H2,1-4H3,(H,35,37)/b13-6+. The molecule has 202 valence electrons. The zero-order chi connectivity index (χ0) is 27.1. The number of benzene rings is 2. The predicted molar refractivity (Wildman–Crippen MR) is 145 cm³/mol. The maximum Gasteiger partial charge on any atom is 0.243 e. The van der Waals surface area contributed by atoms with Crippen molar-refractivity contribution in [2.24, 2.45) is 0 Å². The van der Waals surface area contributed by atoms with Crippen molar-refractivity contribution in [1.29, 1.82) is 0 Å². The van der Waals surface area contributed by atoms with Gasteiger partial charge in [0.1, 0.15) is 11.6 Å². The first-order valence-electron chi connectivity index (χ1n) is 13.5. The van der Waals surface area contributed by atoms with Crippen LogP contribution in [0.4, 0.5) is 8.78 Å². The lowest BCUT2D eigenvalue weighted by atomic mass is 9.74. The van der Waals surface area contributed by atoms with Crippen molar-refractivity contribution in [1.82, 2.24) is 10.6 Å². The van der Waals surface area contributed by atoms with E-state index in [4.69, 9.17) is 0 Å². The van der Waals surface area contributed by atoms with Crippen LogP contribution in [0.1, 0.15) is 82.9 Å². The summed E-state index contributed by atoms with van der Waals surface area (Å²) in [6.07, 6.45) is 8.28. The molecule has 3 rings (SSSR count). The van der Waals surface area contributed by atoms with Gasteiger partial charge in [-0.1, -0.05) is 77.3 Å². The van der Waals surface area contributed by atoms with E-state index in [1.165, 1.54) is 35.8 Å². The minimum Gasteiger partial charge on any atom is -0.390 e. The molecule has 1 amide bonds. The van der Waals surface area contributed by atoms with Crippen LogP contribution in [0, 0.1) is 11.6 Å². The van der Waals surface area contributed by atoms with Crippen molar-refractivity contribution >= 4 is 5.91 Å². The van der Waals surface area contributed by atoms with E-state index in [1.807, 2.05) is 6.92 Å². The lowest BCUT2D eigenvalue weighted by Gasteiger charge is -2.41. The maximum absolute atomic E-state index is 13.8. The van der Waals surface area contributed by atoms with E-state index in [2.05, 4.69) is 55.7 Å². The van der Waals surface area contributed by atoms with Gasteiger partial charge in [-0.05, 0) is 66.0 Å². The number of rotatable bonds is 10. The first-order chi connectivity index (χ1) is 17.5. The maximum atomic E-state index is 13.8. The normalized spacial score (nSPS) is 17.5. The molecule has 0 heterocycles. The highest BCUT2D eigenvalue weighted by Crippen LogP contribution is 2.38. The van der Waals surface area contributed by atoms with Gasteiger partial charge >= 0.3 is 0 Å². The lowest BCUT2D eigenvalue weighted by Crippen LogP contribution is -2.53. The zero-order valence-electron chi connectivity index (χ0n) is 22.6. The van der Waals surface area contributed by atoms with Gasteiger partial charge in [0.2, 0.25) is 5.91 Å². The van der Waals surface area contributed by atoms with Crippen LogP contribution in [-0.2, 0) is 22.2 Å². The zero-order valence-corrected chi connectivity index (χ0v) is 22.6. The molecule has 2 aromatic rings. The fraction of sp³-hybridized carbons (Fsp3) is 0.516. The van der Waals surface area contributed by atoms with Gasteiger partial charge in [-0.2, -0.15) is 0 Å². The Bertz CT molecular complexity index is 1050. The Kier molecular flexibility index (Phi) is 10.0. The second-order valence-corrected chi connectivity index (χ2v) is 11.3. The molecule has 0 saturated heterocycles. The van der Waals surface area contributed by atoms with E-state index in [9.17, 15) is 18.7 Å². The molecule has 1 fully saturated rings. The monoisotopic (exact) mass is 512 g/mol.